The van der Waals surface area contributed by atoms with Crippen molar-refractivity contribution in [3.63, 3.8) is 0 Å². The topological polar surface area (TPSA) is 59.1 Å². The number of carbonyl (C=O) groups is 1. The van der Waals surface area contributed by atoms with Crippen molar-refractivity contribution in [2.45, 2.75) is 24.3 Å². The molecule has 1 heterocycles. The number of nitrogens with one attached hydrogen (secondary N) is 1. The first-order valence-corrected chi connectivity index (χ1v) is 9.65. The highest BCUT2D eigenvalue weighted by Gasteiger charge is 2.11. The molecule has 0 spiro atoms. The van der Waals surface area contributed by atoms with Gasteiger partial charge in [-0.2, -0.15) is 0 Å². The number of hydrogen-bond acceptors (Lipinski definition) is 3. The summed E-state index contributed by atoms with van der Waals surface area (Å²) in [5, 5.41) is 4.04. The number of aromatic nitrogens is 1. The van der Waals surface area contributed by atoms with Gasteiger partial charge in [-0.25, -0.2) is 0 Å². The minimum atomic E-state index is -0.992. The van der Waals surface area contributed by atoms with Crippen LogP contribution in [0.3, 0.4) is 0 Å². The first-order valence-electron chi connectivity index (χ1n) is 8.09. The second kappa shape index (κ2) is 7.57. The fourth-order valence-electron chi connectivity index (χ4n) is 2.74. The summed E-state index contributed by atoms with van der Waals surface area (Å²) in [6.45, 7) is 1.94. The standard InChI is InChI=1S/C20H20N2O2S/c1-14(16-6-8-18(9-7-16)25(2)24)22-20(23)13-15-5-10-19-17(12-15)4-3-11-21-19/h3-12,14H,13H2,1-2H3,(H,22,23). The van der Waals surface area contributed by atoms with Crippen molar-refractivity contribution in [3.8, 4) is 0 Å². The van der Waals surface area contributed by atoms with Gasteiger partial charge >= 0.3 is 0 Å². The molecule has 2 atom stereocenters. The SMILES string of the molecule is CC(NC(=O)Cc1ccc2ncccc2c1)c1ccc(S(C)=O)cc1. The minimum absolute atomic E-state index is 0.0288. The summed E-state index contributed by atoms with van der Waals surface area (Å²) in [6, 6.07) is 17.1. The van der Waals surface area contributed by atoms with E-state index in [9.17, 15) is 9.00 Å². The Balaban J connectivity index is 1.65. The van der Waals surface area contributed by atoms with Crippen molar-refractivity contribution in [2.24, 2.45) is 0 Å². The minimum Gasteiger partial charge on any atom is -0.349 e. The molecule has 2 aromatic carbocycles. The summed E-state index contributed by atoms with van der Waals surface area (Å²) in [4.78, 5) is 17.4. The van der Waals surface area contributed by atoms with E-state index in [0.717, 1.165) is 26.9 Å². The molecule has 1 aromatic heterocycles. The van der Waals surface area contributed by atoms with E-state index in [1.165, 1.54) is 0 Å². The summed E-state index contributed by atoms with van der Waals surface area (Å²) in [6.07, 6.45) is 3.74. The lowest BCUT2D eigenvalue weighted by atomic mass is 10.1. The van der Waals surface area contributed by atoms with Gasteiger partial charge in [0.2, 0.25) is 5.91 Å². The van der Waals surface area contributed by atoms with Crippen LogP contribution in [0.25, 0.3) is 10.9 Å². The molecule has 1 N–H and O–H groups in total. The van der Waals surface area contributed by atoms with Gasteiger partial charge in [0.15, 0.2) is 0 Å². The maximum atomic E-state index is 12.3. The highest BCUT2D eigenvalue weighted by atomic mass is 32.2. The molecular weight excluding hydrogens is 332 g/mol. The zero-order valence-electron chi connectivity index (χ0n) is 14.2. The smallest absolute Gasteiger partial charge is 0.224 e. The van der Waals surface area contributed by atoms with Crippen LogP contribution in [0.15, 0.2) is 65.7 Å². The van der Waals surface area contributed by atoms with Crippen LogP contribution in [-0.2, 0) is 22.0 Å². The molecule has 1 amide bonds. The van der Waals surface area contributed by atoms with Crippen molar-refractivity contribution in [1.82, 2.24) is 10.3 Å². The second-order valence-corrected chi connectivity index (χ2v) is 7.40. The Morgan fingerprint density at radius 2 is 1.92 bits per heavy atom. The van der Waals surface area contributed by atoms with Gasteiger partial charge in [-0.3, -0.25) is 14.0 Å². The van der Waals surface area contributed by atoms with E-state index >= 15 is 0 Å². The van der Waals surface area contributed by atoms with Gasteiger partial charge in [0, 0.05) is 33.5 Å². The van der Waals surface area contributed by atoms with Crippen molar-refractivity contribution < 1.29 is 9.00 Å². The fraction of sp³-hybridized carbons (Fsp3) is 0.200. The van der Waals surface area contributed by atoms with Crippen LogP contribution in [-0.4, -0.2) is 21.4 Å². The molecule has 0 aliphatic rings. The van der Waals surface area contributed by atoms with Crippen LogP contribution < -0.4 is 5.32 Å². The third-order valence-corrected chi connectivity index (χ3v) is 5.06. The molecular formula is C20H20N2O2S. The van der Waals surface area contributed by atoms with E-state index in [1.807, 2.05) is 61.5 Å². The van der Waals surface area contributed by atoms with Gasteiger partial charge < -0.3 is 5.32 Å². The van der Waals surface area contributed by atoms with Crippen molar-refractivity contribution in [2.75, 3.05) is 6.26 Å². The van der Waals surface area contributed by atoms with Crippen molar-refractivity contribution in [1.29, 1.82) is 0 Å². The molecule has 3 aromatic rings. The summed E-state index contributed by atoms with van der Waals surface area (Å²) in [5.74, 6) is -0.0288. The third-order valence-electron chi connectivity index (χ3n) is 4.12. The van der Waals surface area contributed by atoms with Gasteiger partial charge in [-0.1, -0.05) is 24.3 Å². The summed E-state index contributed by atoms with van der Waals surface area (Å²) in [5.41, 5.74) is 2.88. The highest BCUT2D eigenvalue weighted by molar-refractivity contribution is 7.84. The normalized spacial score (nSPS) is 13.4. The number of fused-ring (bicyclic) bond motifs is 1. The molecule has 0 aliphatic carbocycles. The number of pyridine rings is 1. The Labute approximate surface area is 149 Å². The number of hydrogen-bond donors (Lipinski definition) is 1. The molecule has 0 fully saturated rings. The van der Waals surface area contributed by atoms with Crippen molar-refractivity contribution >= 4 is 27.6 Å². The molecule has 0 radical (unpaired) electrons. The molecule has 0 bridgehead atoms. The average Bonchev–Trinajstić information content (AvgIpc) is 2.61. The van der Waals surface area contributed by atoms with Crippen LogP contribution in [0.5, 0.6) is 0 Å². The van der Waals surface area contributed by atoms with Crippen LogP contribution in [0, 0.1) is 0 Å². The van der Waals surface area contributed by atoms with Crippen LogP contribution in [0.2, 0.25) is 0 Å². The largest absolute Gasteiger partial charge is 0.349 e. The van der Waals surface area contributed by atoms with E-state index in [-0.39, 0.29) is 11.9 Å². The maximum absolute atomic E-state index is 12.3. The molecule has 0 saturated carbocycles. The number of benzene rings is 2. The lowest BCUT2D eigenvalue weighted by Gasteiger charge is -2.15. The first-order chi connectivity index (χ1) is 12.0. The molecule has 2 unspecified atom stereocenters. The van der Waals surface area contributed by atoms with Gasteiger partial charge in [-0.05, 0) is 48.4 Å². The lowest BCUT2D eigenvalue weighted by Crippen LogP contribution is -2.28. The number of amides is 1. The van der Waals surface area contributed by atoms with Gasteiger partial charge in [0.1, 0.15) is 0 Å². The lowest BCUT2D eigenvalue weighted by molar-refractivity contribution is -0.121. The number of carbonyl (C=O) groups excluding carboxylic acids is 1. The number of rotatable bonds is 5. The van der Waals surface area contributed by atoms with E-state index in [2.05, 4.69) is 10.3 Å². The van der Waals surface area contributed by atoms with Crippen LogP contribution >= 0.6 is 0 Å². The summed E-state index contributed by atoms with van der Waals surface area (Å²) in [7, 11) is -0.992. The Morgan fingerprint density at radius 3 is 2.64 bits per heavy atom. The summed E-state index contributed by atoms with van der Waals surface area (Å²) >= 11 is 0. The van der Waals surface area contributed by atoms with Crippen LogP contribution in [0.4, 0.5) is 0 Å². The van der Waals surface area contributed by atoms with E-state index in [4.69, 9.17) is 0 Å². The molecule has 25 heavy (non-hydrogen) atoms. The highest BCUT2D eigenvalue weighted by Crippen LogP contribution is 2.16. The van der Waals surface area contributed by atoms with Crippen LogP contribution in [0.1, 0.15) is 24.1 Å². The Hall–Kier alpha value is -2.53. The zero-order valence-corrected chi connectivity index (χ0v) is 15.0. The quantitative estimate of drug-likeness (QED) is 0.766. The molecule has 5 heteroatoms. The van der Waals surface area contributed by atoms with Crippen molar-refractivity contribution in [3.05, 3.63) is 71.9 Å². The Bertz CT molecular complexity index is 922. The van der Waals surface area contributed by atoms with Gasteiger partial charge in [-0.15, -0.1) is 0 Å². The predicted octanol–water partition coefficient (Wildman–Crippen LogP) is 3.39. The van der Waals surface area contributed by atoms with E-state index < -0.39 is 10.8 Å². The second-order valence-electron chi connectivity index (χ2n) is 6.02. The Kier molecular flexibility index (Phi) is 5.24. The first kappa shape index (κ1) is 17.3. The maximum Gasteiger partial charge on any atom is 0.224 e. The molecule has 0 aliphatic heterocycles. The Morgan fingerprint density at radius 1 is 1.16 bits per heavy atom. The zero-order chi connectivity index (χ0) is 17.8. The predicted molar refractivity (Wildman–Crippen MR) is 101 cm³/mol. The summed E-state index contributed by atoms with van der Waals surface area (Å²) < 4.78 is 11.4. The average molecular weight is 352 g/mol. The molecule has 4 nitrogen and oxygen atoms in total. The molecule has 128 valence electrons. The monoisotopic (exact) mass is 352 g/mol. The van der Waals surface area contributed by atoms with Gasteiger partial charge in [0.05, 0.1) is 18.0 Å². The van der Waals surface area contributed by atoms with E-state index in [0.29, 0.717) is 6.42 Å². The molecule has 0 saturated heterocycles. The number of nitrogens with zero attached hydrogens (tertiary/aromatic N) is 1. The molecule has 3 rings (SSSR count). The van der Waals surface area contributed by atoms with E-state index in [1.54, 1.807) is 12.5 Å². The van der Waals surface area contributed by atoms with Gasteiger partial charge in [0.25, 0.3) is 0 Å². The fourth-order valence-corrected chi connectivity index (χ4v) is 3.26. The third kappa shape index (κ3) is 4.31.